The number of hydrogen-bond donors (Lipinski definition) is 3. The van der Waals surface area contributed by atoms with E-state index in [4.69, 9.17) is 11.5 Å². The summed E-state index contributed by atoms with van der Waals surface area (Å²) in [5.74, 6) is -0.521. The van der Waals surface area contributed by atoms with Crippen LogP contribution in [0.25, 0.3) is 0 Å². The van der Waals surface area contributed by atoms with Gasteiger partial charge in [-0.05, 0) is 18.2 Å². The van der Waals surface area contributed by atoms with E-state index >= 15 is 0 Å². The molecule has 0 fully saturated rings. The number of primary amides is 1. The Balaban J connectivity index is 2.31. The molecule has 0 aliphatic rings. The molecule has 0 bridgehead atoms. The molecule has 0 aliphatic heterocycles. The van der Waals surface area contributed by atoms with Crippen LogP contribution in [0.2, 0.25) is 0 Å². The van der Waals surface area contributed by atoms with Crippen LogP contribution in [0.5, 0.6) is 0 Å². The Morgan fingerprint density at radius 1 is 1.35 bits per heavy atom. The number of amides is 1. The van der Waals surface area contributed by atoms with Crippen LogP contribution in [0.3, 0.4) is 0 Å². The van der Waals surface area contributed by atoms with Gasteiger partial charge in [-0.3, -0.25) is 4.79 Å². The van der Waals surface area contributed by atoms with E-state index in [0.717, 1.165) is 10.8 Å². The fourth-order valence-electron chi connectivity index (χ4n) is 1.67. The second kappa shape index (κ2) is 5.13. The van der Waals surface area contributed by atoms with Crippen molar-refractivity contribution in [1.82, 2.24) is 4.98 Å². The second-order valence-electron chi connectivity index (χ2n) is 5.58. The van der Waals surface area contributed by atoms with E-state index in [9.17, 15) is 4.79 Å². The second-order valence-corrected chi connectivity index (χ2v) is 6.44. The summed E-state index contributed by atoms with van der Waals surface area (Å²) in [6.45, 7) is 6.30. The minimum atomic E-state index is -0.521. The first kappa shape index (κ1) is 14.3. The summed E-state index contributed by atoms with van der Waals surface area (Å²) in [6.07, 6.45) is 0. The van der Waals surface area contributed by atoms with E-state index in [2.05, 4.69) is 31.1 Å². The number of nitrogens with zero attached hydrogens (tertiary/aromatic N) is 1. The average Bonchev–Trinajstić information content (AvgIpc) is 2.79. The zero-order valence-corrected chi connectivity index (χ0v) is 12.5. The number of anilines is 3. The third kappa shape index (κ3) is 3.08. The maximum atomic E-state index is 11.4. The lowest BCUT2D eigenvalue weighted by Gasteiger charge is -2.14. The van der Waals surface area contributed by atoms with Crippen molar-refractivity contribution in [3.05, 3.63) is 34.8 Å². The number of rotatable bonds is 3. The molecule has 0 radical (unpaired) electrons. The number of nitrogens with one attached hydrogen (secondary N) is 1. The highest BCUT2D eigenvalue weighted by Crippen LogP contribution is 2.29. The van der Waals surface area contributed by atoms with Crippen molar-refractivity contribution in [2.24, 2.45) is 5.73 Å². The first-order valence-electron chi connectivity index (χ1n) is 6.20. The number of thiazole rings is 1. The summed E-state index contributed by atoms with van der Waals surface area (Å²) >= 11 is 1.49. The molecule has 5 N–H and O–H groups in total. The van der Waals surface area contributed by atoms with Gasteiger partial charge < -0.3 is 16.8 Å². The van der Waals surface area contributed by atoms with Crippen LogP contribution in [0, 0.1) is 0 Å². The number of benzene rings is 1. The molecule has 0 unspecified atom stereocenters. The fourth-order valence-corrected chi connectivity index (χ4v) is 2.62. The van der Waals surface area contributed by atoms with E-state index in [1.54, 1.807) is 18.2 Å². The van der Waals surface area contributed by atoms with Gasteiger partial charge in [-0.2, -0.15) is 0 Å². The van der Waals surface area contributed by atoms with Crippen molar-refractivity contribution in [1.29, 1.82) is 0 Å². The Morgan fingerprint density at radius 2 is 2.05 bits per heavy atom. The zero-order valence-electron chi connectivity index (χ0n) is 11.7. The minimum Gasteiger partial charge on any atom is -0.399 e. The van der Waals surface area contributed by atoms with Crippen LogP contribution in [0.4, 0.5) is 16.5 Å². The molecule has 20 heavy (non-hydrogen) atoms. The van der Waals surface area contributed by atoms with Crippen molar-refractivity contribution in [2.75, 3.05) is 11.1 Å². The summed E-state index contributed by atoms with van der Waals surface area (Å²) in [4.78, 5) is 16.0. The first-order valence-corrected chi connectivity index (χ1v) is 7.07. The highest BCUT2D eigenvalue weighted by Gasteiger charge is 2.18. The highest BCUT2D eigenvalue weighted by molar-refractivity contribution is 7.13. The molecule has 1 aromatic heterocycles. The van der Waals surface area contributed by atoms with Crippen molar-refractivity contribution in [3.63, 3.8) is 0 Å². The zero-order chi connectivity index (χ0) is 14.9. The highest BCUT2D eigenvalue weighted by atomic mass is 32.1. The predicted octanol–water partition coefficient (Wildman–Crippen LogP) is 2.87. The molecular formula is C14H18N4OS. The maximum absolute atomic E-state index is 11.4. The van der Waals surface area contributed by atoms with Gasteiger partial charge in [-0.15, -0.1) is 11.3 Å². The number of hydrogen-bond acceptors (Lipinski definition) is 5. The molecule has 2 rings (SSSR count). The normalized spacial score (nSPS) is 11.3. The molecule has 0 saturated carbocycles. The topological polar surface area (TPSA) is 94.0 Å². The standard InChI is InChI=1S/C14H18N4OS/c1-14(2,3)11-7-20-13(18-11)17-10-5-4-8(15)6-9(10)12(16)19/h4-7H,15H2,1-3H3,(H2,16,19)(H,17,18). The van der Waals surface area contributed by atoms with E-state index in [1.807, 2.05) is 5.38 Å². The molecule has 106 valence electrons. The molecule has 2 aromatic rings. The summed E-state index contributed by atoms with van der Waals surface area (Å²) < 4.78 is 0. The van der Waals surface area contributed by atoms with Gasteiger partial charge in [-0.1, -0.05) is 20.8 Å². The Bertz CT molecular complexity index is 643. The van der Waals surface area contributed by atoms with E-state index in [-0.39, 0.29) is 5.41 Å². The van der Waals surface area contributed by atoms with Crippen LogP contribution in [-0.2, 0) is 5.41 Å². The molecule has 0 atom stereocenters. The number of carbonyl (C=O) groups excluding carboxylic acids is 1. The van der Waals surface area contributed by atoms with Gasteiger partial charge in [0.25, 0.3) is 5.91 Å². The van der Waals surface area contributed by atoms with Crippen molar-refractivity contribution in [2.45, 2.75) is 26.2 Å². The smallest absolute Gasteiger partial charge is 0.250 e. The third-order valence-corrected chi connectivity index (χ3v) is 3.58. The van der Waals surface area contributed by atoms with Crippen LogP contribution in [-0.4, -0.2) is 10.9 Å². The van der Waals surface area contributed by atoms with Crippen molar-refractivity contribution >= 4 is 33.8 Å². The Kier molecular flexibility index (Phi) is 3.67. The summed E-state index contributed by atoms with van der Waals surface area (Å²) in [5, 5.41) is 5.85. The van der Waals surface area contributed by atoms with Gasteiger partial charge in [-0.25, -0.2) is 4.98 Å². The van der Waals surface area contributed by atoms with Crippen LogP contribution in [0.1, 0.15) is 36.8 Å². The molecule has 1 heterocycles. The Labute approximate surface area is 122 Å². The molecule has 0 saturated heterocycles. The molecule has 5 nitrogen and oxygen atoms in total. The third-order valence-electron chi connectivity index (χ3n) is 2.82. The fraction of sp³-hybridized carbons (Fsp3) is 0.286. The molecule has 6 heteroatoms. The number of nitrogens with two attached hydrogens (primary N) is 2. The monoisotopic (exact) mass is 290 g/mol. The first-order chi connectivity index (χ1) is 9.27. The lowest BCUT2D eigenvalue weighted by atomic mass is 9.93. The van der Waals surface area contributed by atoms with Gasteiger partial charge in [0.15, 0.2) is 5.13 Å². The molecule has 1 amide bonds. The lowest BCUT2D eigenvalue weighted by molar-refractivity contribution is 0.100. The molecule has 1 aromatic carbocycles. The van der Waals surface area contributed by atoms with Gasteiger partial charge in [0.1, 0.15) is 0 Å². The van der Waals surface area contributed by atoms with Gasteiger partial charge in [0.2, 0.25) is 0 Å². The minimum absolute atomic E-state index is 0.00986. The quantitative estimate of drug-likeness (QED) is 0.758. The Hall–Kier alpha value is -2.08. The van der Waals surface area contributed by atoms with Crippen molar-refractivity contribution in [3.8, 4) is 0 Å². The van der Waals surface area contributed by atoms with Gasteiger partial charge in [0, 0.05) is 16.5 Å². The summed E-state index contributed by atoms with van der Waals surface area (Å²) in [5.41, 5.74) is 13.5. The number of carbonyl (C=O) groups is 1. The van der Waals surface area contributed by atoms with Crippen LogP contribution in [0.15, 0.2) is 23.6 Å². The van der Waals surface area contributed by atoms with Crippen LogP contribution >= 0.6 is 11.3 Å². The van der Waals surface area contributed by atoms with E-state index < -0.39 is 5.91 Å². The number of nitrogen functional groups attached to an aromatic ring is 1. The predicted molar refractivity (Wildman–Crippen MR) is 83.5 cm³/mol. The molecule has 0 aliphatic carbocycles. The average molecular weight is 290 g/mol. The van der Waals surface area contributed by atoms with E-state index in [0.29, 0.717) is 16.9 Å². The van der Waals surface area contributed by atoms with E-state index in [1.165, 1.54) is 11.3 Å². The summed E-state index contributed by atoms with van der Waals surface area (Å²) in [6, 6.07) is 5.00. The number of aromatic nitrogens is 1. The van der Waals surface area contributed by atoms with Crippen molar-refractivity contribution < 1.29 is 4.79 Å². The largest absolute Gasteiger partial charge is 0.399 e. The van der Waals surface area contributed by atoms with Gasteiger partial charge >= 0.3 is 0 Å². The molecule has 0 spiro atoms. The lowest BCUT2D eigenvalue weighted by Crippen LogP contribution is -2.14. The SMILES string of the molecule is CC(C)(C)c1csc(Nc2ccc(N)cc2C(N)=O)n1. The Morgan fingerprint density at radius 3 is 2.60 bits per heavy atom. The van der Waals surface area contributed by atoms with Gasteiger partial charge in [0.05, 0.1) is 16.9 Å². The summed E-state index contributed by atoms with van der Waals surface area (Å²) in [7, 11) is 0. The maximum Gasteiger partial charge on any atom is 0.250 e. The van der Waals surface area contributed by atoms with Crippen LogP contribution < -0.4 is 16.8 Å². The molecular weight excluding hydrogens is 272 g/mol.